The van der Waals surface area contributed by atoms with Crippen LogP contribution < -0.4 is 16.4 Å². The minimum absolute atomic E-state index is 0.0752. The Morgan fingerprint density at radius 2 is 1.87 bits per heavy atom. The first-order valence-corrected chi connectivity index (χ1v) is 15.9. The van der Waals surface area contributed by atoms with E-state index in [1.165, 1.54) is 11.9 Å². The quantitative estimate of drug-likeness (QED) is 0.196. The third-order valence-corrected chi connectivity index (χ3v) is 9.52. The van der Waals surface area contributed by atoms with Gasteiger partial charge in [0, 0.05) is 61.9 Å². The summed E-state index contributed by atoms with van der Waals surface area (Å²) in [6.07, 6.45) is 7.50. The number of anilines is 2. The topological polar surface area (TPSA) is 157 Å². The lowest BCUT2D eigenvalue weighted by molar-refractivity contribution is -0.132. The minimum Gasteiger partial charge on any atom is -0.398 e. The number of rotatable bonds is 8. The van der Waals surface area contributed by atoms with Gasteiger partial charge in [0.05, 0.1) is 23.4 Å². The van der Waals surface area contributed by atoms with Gasteiger partial charge >= 0.3 is 0 Å². The highest BCUT2D eigenvalue weighted by molar-refractivity contribution is 6.13. The number of amidine groups is 1. The molecule has 3 aliphatic heterocycles. The maximum absolute atomic E-state index is 13.9. The van der Waals surface area contributed by atoms with Crippen LogP contribution in [0.4, 0.5) is 11.4 Å². The summed E-state index contributed by atoms with van der Waals surface area (Å²) in [6.45, 7) is 5.33. The molecule has 0 radical (unpaired) electrons. The number of amides is 2. The monoisotopic (exact) mass is 631 g/mol. The number of aliphatic imine (C=N–C) groups is 2. The van der Waals surface area contributed by atoms with Crippen molar-refractivity contribution in [3.63, 3.8) is 0 Å². The zero-order valence-corrected chi connectivity index (χ0v) is 26.9. The molecular weight excluding hydrogens is 590 g/mol. The highest BCUT2D eigenvalue weighted by atomic mass is 16.2. The second kappa shape index (κ2) is 13.3. The van der Waals surface area contributed by atoms with Crippen molar-refractivity contribution >= 4 is 46.6 Å². The lowest BCUT2D eigenvalue weighted by Crippen LogP contribution is -2.43. The Morgan fingerprint density at radius 3 is 2.57 bits per heavy atom. The average Bonchev–Trinajstić information content (AvgIpc) is 3.65. The first-order valence-electron chi connectivity index (χ1n) is 15.9. The molecule has 11 nitrogen and oxygen atoms in total. The number of carbonyl (C=O) groups excluding carboxylic acids is 2. The van der Waals surface area contributed by atoms with Crippen LogP contribution in [0.25, 0.3) is 5.57 Å². The lowest BCUT2D eigenvalue weighted by atomic mass is 9.85. The van der Waals surface area contributed by atoms with E-state index in [0.717, 1.165) is 41.6 Å². The van der Waals surface area contributed by atoms with Crippen LogP contribution in [0.15, 0.2) is 76.9 Å². The molecule has 0 aliphatic carbocycles. The predicted molar refractivity (Wildman–Crippen MR) is 187 cm³/mol. The van der Waals surface area contributed by atoms with Gasteiger partial charge in [-0.1, -0.05) is 36.4 Å². The highest BCUT2D eigenvalue weighted by Crippen LogP contribution is 2.42. The maximum atomic E-state index is 13.9. The van der Waals surface area contributed by atoms with Crippen LogP contribution in [-0.2, 0) is 9.59 Å². The second-order valence-corrected chi connectivity index (χ2v) is 12.6. The van der Waals surface area contributed by atoms with E-state index < -0.39 is 5.41 Å². The third kappa shape index (κ3) is 6.57. The fourth-order valence-electron chi connectivity index (χ4n) is 6.72. The molecular formula is C36H41N9O2. The van der Waals surface area contributed by atoms with Gasteiger partial charge in [0.15, 0.2) is 0 Å². The summed E-state index contributed by atoms with van der Waals surface area (Å²) in [7, 11) is 1.65. The lowest BCUT2D eigenvalue weighted by Gasteiger charge is -2.29. The van der Waals surface area contributed by atoms with Crippen molar-refractivity contribution in [2.75, 3.05) is 56.9 Å². The summed E-state index contributed by atoms with van der Waals surface area (Å²) >= 11 is 0. The number of pyridine rings is 1. The van der Waals surface area contributed by atoms with Crippen LogP contribution in [0.5, 0.6) is 0 Å². The molecule has 242 valence electrons. The van der Waals surface area contributed by atoms with E-state index in [9.17, 15) is 9.59 Å². The van der Waals surface area contributed by atoms with Gasteiger partial charge in [0.1, 0.15) is 12.2 Å². The first-order chi connectivity index (χ1) is 22.7. The number of nitrogen functional groups attached to an aromatic ring is 1. The van der Waals surface area contributed by atoms with Gasteiger partial charge in [-0.25, -0.2) is 4.99 Å². The van der Waals surface area contributed by atoms with Gasteiger partial charge in [0.25, 0.3) is 0 Å². The Bertz CT molecular complexity index is 1780. The van der Waals surface area contributed by atoms with Gasteiger partial charge in [-0.3, -0.25) is 29.9 Å². The molecule has 4 heterocycles. The Morgan fingerprint density at radius 1 is 1.09 bits per heavy atom. The van der Waals surface area contributed by atoms with Crippen molar-refractivity contribution < 1.29 is 9.59 Å². The Hall–Kier alpha value is -5.16. The van der Waals surface area contributed by atoms with Crippen molar-refractivity contribution in [1.29, 1.82) is 5.41 Å². The predicted octanol–water partition coefficient (Wildman–Crippen LogP) is 3.50. The molecule has 0 bridgehead atoms. The molecule has 11 heteroatoms. The van der Waals surface area contributed by atoms with Gasteiger partial charge in [-0.2, -0.15) is 0 Å². The number of aryl methyl sites for hydroxylation is 1. The smallest absolute Gasteiger partial charge is 0.237 e. The van der Waals surface area contributed by atoms with Crippen molar-refractivity contribution in [3.8, 4) is 0 Å². The number of nitrogens with zero attached hydrogens (tertiary/aromatic N) is 6. The summed E-state index contributed by atoms with van der Waals surface area (Å²) in [5.41, 5.74) is 18.5. The number of hydrogen-bond acceptors (Lipinski definition) is 7. The van der Waals surface area contributed by atoms with E-state index in [4.69, 9.17) is 16.9 Å². The van der Waals surface area contributed by atoms with E-state index in [2.05, 4.69) is 25.9 Å². The standard InChI is InChI=1S/C36H41N9O2/c1-24-3-10-31(41-20-24)33(38)29-19-28(8-9-30(29)37)45-18-14-36(35(45)47)13-17-43(22-36)21-32(46)44-15-11-26(12-16-44)25-4-6-27(7-5-25)34(39)42-23-40-2/h3-11,19-20,23,38H,12-18,21-22,37H2,1-2H3,(H2,39,40,42)/t36-/m0/s1. The number of benzene rings is 2. The number of nitrogens with two attached hydrogens (primary N) is 2. The summed E-state index contributed by atoms with van der Waals surface area (Å²) < 4.78 is 0. The highest BCUT2D eigenvalue weighted by Gasteiger charge is 2.51. The Kier molecular flexibility index (Phi) is 8.99. The van der Waals surface area contributed by atoms with Gasteiger partial charge in [-0.15, -0.1) is 0 Å². The summed E-state index contributed by atoms with van der Waals surface area (Å²) in [5, 5.41) is 8.73. The van der Waals surface area contributed by atoms with Crippen LogP contribution in [0, 0.1) is 17.7 Å². The molecule has 5 N–H and O–H groups in total. The van der Waals surface area contributed by atoms with Crippen LogP contribution in [0.2, 0.25) is 0 Å². The Labute approximate surface area is 275 Å². The van der Waals surface area contributed by atoms with Crippen molar-refractivity contribution in [2.24, 2.45) is 21.1 Å². The normalized spacial score (nSPS) is 20.4. The van der Waals surface area contributed by atoms with Gasteiger partial charge < -0.3 is 21.3 Å². The number of hydrogen-bond donors (Lipinski definition) is 3. The molecule has 47 heavy (non-hydrogen) atoms. The van der Waals surface area contributed by atoms with Crippen LogP contribution in [0.3, 0.4) is 0 Å². The van der Waals surface area contributed by atoms with Crippen LogP contribution in [0.1, 0.15) is 47.2 Å². The molecule has 6 rings (SSSR count). The number of carbonyl (C=O) groups is 2. The van der Waals surface area contributed by atoms with Gasteiger partial charge in [-0.05, 0) is 73.7 Å². The second-order valence-electron chi connectivity index (χ2n) is 12.6. The van der Waals surface area contributed by atoms with Crippen molar-refractivity contribution in [1.82, 2.24) is 14.8 Å². The average molecular weight is 632 g/mol. The molecule has 1 atom stereocenters. The van der Waals surface area contributed by atoms with Crippen molar-refractivity contribution in [2.45, 2.75) is 26.2 Å². The minimum atomic E-state index is -0.508. The molecule has 1 aromatic heterocycles. The van der Waals surface area contributed by atoms with E-state index in [1.54, 1.807) is 19.3 Å². The zero-order valence-electron chi connectivity index (χ0n) is 26.9. The first kappa shape index (κ1) is 31.8. The van der Waals surface area contributed by atoms with Gasteiger partial charge in [0.2, 0.25) is 11.8 Å². The van der Waals surface area contributed by atoms with Crippen LogP contribution in [-0.4, -0.2) is 90.8 Å². The SMILES string of the molecule is CN=CN=C(N)c1ccc(C2=CCN(C(=O)CN3CC[C@]4(CCN(c5ccc(N)c(C(=N)c6ccc(C)cn6)c5)C4=O)C3)CC2)cc1. The van der Waals surface area contributed by atoms with E-state index in [0.29, 0.717) is 62.0 Å². The van der Waals surface area contributed by atoms with Crippen LogP contribution >= 0.6 is 0 Å². The number of nitrogens with one attached hydrogen (secondary N) is 1. The fraction of sp³-hybridized carbons (Fsp3) is 0.333. The molecule has 2 fully saturated rings. The van der Waals surface area contributed by atoms with E-state index in [1.807, 2.05) is 65.3 Å². The summed E-state index contributed by atoms with van der Waals surface area (Å²) in [5.74, 6) is 0.578. The third-order valence-electron chi connectivity index (χ3n) is 9.52. The maximum Gasteiger partial charge on any atom is 0.237 e. The molecule has 2 saturated heterocycles. The summed E-state index contributed by atoms with van der Waals surface area (Å²) in [4.78, 5) is 45.4. The van der Waals surface area contributed by atoms with E-state index in [-0.39, 0.29) is 17.5 Å². The van der Waals surface area contributed by atoms with Crippen molar-refractivity contribution in [3.05, 3.63) is 94.8 Å². The number of likely N-dealkylation sites (tertiary alicyclic amines) is 1. The zero-order chi connectivity index (χ0) is 33.1. The molecule has 2 aromatic carbocycles. The molecule has 3 aliphatic rings. The molecule has 3 aromatic rings. The molecule has 2 amide bonds. The molecule has 1 spiro atoms. The van der Waals surface area contributed by atoms with E-state index >= 15 is 0 Å². The molecule has 0 saturated carbocycles. The fourth-order valence-corrected chi connectivity index (χ4v) is 6.72. The Balaban J connectivity index is 1.05. The largest absolute Gasteiger partial charge is 0.398 e. The number of aromatic nitrogens is 1. The summed E-state index contributed by atoms with van der Waals surface area (Å²) in [6, 6.07) is 17.1. The molecule has 0 unspecified atom stereocenters.